The van der Waals surface area contributed by atoms with E-state index in [1.54, 1.807) is 54.6 Å². The van der Waals surface area contributed by atoms with E-state index in [4.69, 9.17) is 5.26 Å². The van der Waals surface area contributed by atoms with Crippen LogP contribution in [0.1, 0.15) is 22.3 Å². The lowest BCUT2D eigenvalue weighted by molar-refractivity contribution is -0.115. The molecule has 4 aromatic carbocycles. The number of carbonyl (C=O) groups is 1. The molecule has 0 saturated heterocycles. The minimum absolute atomic E-state index is 0.135. The number of nitrogens with one attached hydrogen (secondary N) is 2. The molecule has 2 N–H and O–H groups in total. The second-order valence-corrected chi connectivity index (χ2v) is 9.75. The van der Waals surface area contributed by atoms with E-state index in [1.807, 2.05) is 44.2 Å². The van der Waals surface area contributed by atoms with Gasteiger partial charge < -0.3 is 5.32 Å². The van der Waals surface area contributed by atoms with Gasteiger partial charge in [0.25, 0.3) is 10.0 Å². The van der Waals surface area contributed by atoms with Crippen LogP contribution in [0.2, 0.25) is 0 Å². The van der Waals surface area contributed by atoms with Gasteiger partial charge in [-0.3, -0.25) is 9.52 Å². The third-order valence-electron chi connectivity index (χ3n) is 5.58. The lowest BCUT2D eigenvalue weighted by atomic mass is 10.1. The lowest BCUT2D eigenvalue weighted by Crippen LogP contribution is -2.17. The van der Waals surface area contributed by atoms with Gasteiger partial charge in [0.15, 0.2) is 0 Å². The highest BCUT2D eigenvalue weighted by atomic mass is 32.2. The van der Waals surface area contributed by atoms with Gasteiger partial charge in [0, 0.05) is 11.1 Å². The lowest BCUT2D eigenvalue weighted by Gasteiger charge is -2.16. The molecule has 0 heterocycles. The van der Waals surface area contributed by atoms with E-state index >= 15 is 0 Å². The normalized spacial score (nSPS) is 11.1. The molecule has 0 unspecified atom stereocenters. The van der Waals surface area contributed by atoms with Crippen molar-refractivity contribution < 1.29 is 13.2 Å². The zero-order chi connectivity index (χ0) is 24.3. The van der Waals surface area contributed by atoms with Gasteiger partial charge in [-0.15, -0.1) is 0 Å². The van der Waals surface area contributed by atoms with Crippen LogP contribution in [0.4, 0.5) is 11.4 Å². The van der Waals surface area contributed by atoms with Crippen LogP contribution in [0, 0.1) is 25.2 Å². The first-order valence-corrected chi connectivity index (χ1v) is 12.2. The van der Waals surface area contributed by atoms with Crippen LogP contribution in [0.25, 0.3) is 10.8 Å². The van der Waals surface area contributed by atoms with Crippen molar-refractivity contribution in [1.29, 1.82) is 5.26 Å². The van der Waals surface area contributed by atoms with Crippen LogP contribution in [0.15, 0.2) is 83.8 Å². The number of hydrogen-bond acceptors (Lipinski definition) is 4. The number of nitriles is 1. The van der Waals surface area contributed by atoms with E-state index in [-0.39, 0.29) is 17.2 Å². The fourth-order valence-corrected chi connectivity index (χ4v) is 5.16. The van der Waals surface area contributed by atoms with Crippen LogP contribution >= 0.6 is 0 Å². The number of hydrogen-bond donors (Lipinski definition) is 2. The van der Waals surface area contributed by atoms with Gasteiger partial charge in [-0.1, -0.05) is 54.6 Å². The van der Waals surface area contributed by atoms with Crippen molar-refractivity contribution in [3.05, 3.63) is 101 Å². The summed E-state index contributed by atoms with van der Waals surface area (Å²) in [5.41, 5.74) is 3.79. The second kappa shape index (κ2) is 9.38. The number of benzene rings is 4. The molecule has 0 aliphatic rings. The molecule has 170 valence electrons. The average molecular weight is 470 g/mol. The Hall–Kier alpha value is -4.15. The smallest absolute Gasteiger partial charge is 0.262 e. The summed E-state index contributed by atoms with van der Waals surface area (Å²) < 4.78 is 29.2. The minimum atomic E-state index is -3.86. The fraction of sp³-hybridized carbons (Fsp3) is 0.111. The predicted molar refractivity (Wildman–Crippen MR) is 134 cm³/mol. The Morgan fingerprint density at radius 2 is 1.56 bits per heavy atom. The molecular weight excluding hydrogens is 446 g/mol. The first kappa shape index (κ1) is 23.0. The number of sulfonamides is 1. The highest BCUT2D eigenvalue weighted by Crippen LogP contribution is 2.29. The Morgan fingerprint density at radius 3 is 2.29 bits per heavy atom. The summed E-state index contributed by atoms with van der Waals surface area (Å²) in [6, 6.07) is 24.8. The number of anilines is 2. The molecule has 0 spiro atoms. The van der Waals surface area contributed by atoms with Gasteiger partial charge in [-0.25, -0.2) is 8.42 Å². The third kappa shape index (κ3) is 4.92. The molecule has 0 saturated carbocycles. The Bertz CT molecular complexity index is 1530. The molecule has 1 amide bonds. The summed E-state index contributed by atoms with van der Waals surface area (Å²) in [6.07, 6.45) is 0.135. The van der Waals surface area contributed by atoms with E-state index < -0.39 is 10.0 Å². The van der Waals surface area contributed by atoms with Crippen LogP contribution in [0.3, 0.4) is 0 Å². The first-order chi connectivity index (χ1) is 16.3. The van der Waals surface area contributed by atoms with Crippen molar-refractivity contribution in [1.82, 2.24) is 0 Å². The summed E-state index contributed by atoms with van der Waals surface area (Å²) in [5, 5.41) is 13.3. The second-order valence-electron chi connectivity index (χ2n) is 8.10. The van der Waals surface area contributed by atoms with Crippen LogP contribution < -0.4 is 10.0 Å². The summed E-state index contributed by atoms with van der Waals surface area (Å²) >= 11 is 0. The SMILES string of the molecule is Cc1cc(C)c(NS(=O)(=O)c2cccc3ccccc23)cc1NC(=O)Cc1ccc(C#N)cc1. The Morgan fingerprint density at radius 1 is 0.882 bits per heavy atom. The van der Waals surface area contributed by atoms with Crippen LogP contribution in [-0.4, -0.2) is 14.3 Å². The molecule has 7 heteroatoms. The Kier molecular flexibility index (Phi) is 6.35. The molecule has 6 nitrogen and oxygen atoms in total. The van der Waals surface area contributed by atoms with Gasteiger partial charge >= 0.3 is 0 Å². The Balaban J connectivity index is 1.58. The maximum atomic E-state index is 13.3. The van der Waals surface area contributed by atoms with Crippen molar-refractivity contribution in [2.45, 2.75) is 25.2 Å². The maximum absolute atomic E-state index is 13.3. The quantitative estimate of drug-likeness (QED) is 0.400. The monoisotopic (exact) mass is 469 g/mol. The minimum Gasteiger partial charge on any atom is -0.325 e. The van der Waals surface area contributed by atoms with Gasteiger partial charge in [0.2, 0.25) is 5.91 Å². The predicted octanol–water partition coefficient (Wildman–Crippen LogP) is 5.31. The van der Waals surface area contributed by atoms with Gasteiger partial charge in [0.1, 0.15) is 0 Å². The molecule has 4 rings (SSSR count). The number of carbonyl (C=O) groups excluding carboxylic acids is 1. The molecule has 0 radical (unpaired) electrons. The average Bonchev–Trinajstić information content (AvgIpc) is 2.82. The number of nitrogens with zero attached hydrogens (tertiary/aromatic N) is 1. The number of aryl methyl sites for hydroxylation is 2. The van der Waals surface area contributed by atoms with E-state index in [9.17, 15) is 13.2 Å². The highest BCUT2D eigenvalue weighted by Gasteiger charge is 2.19. The standard InChI is InChI=1S/C27H23N3O3S/c1-18-14-19(2)25(16-24(18)29-27(31)15-20-10-12-21(17-28)13-11-20)30-34(32,33)26-9-5-7-22-6-3-4-8-23(22)26/h3-14,16,30H,15H2,1-2H3,(H,29,31). The van der Waals surface area contributed by atoms with Gasteiger partial charge in [-0.05, 0) is 60.2 Å². The first-order valence-electron chi connectivity index (χ1n) is 10.7. The largest absolute Gasteiger partial charge is 0.325 e. The Labute approximate surface area is 198 Å². The zero-order valence-electron chi connectivity index (χ0n) is 18.8. The number of amides is 1. The van der Waals surface area contributed by atoms with Gasteiger partial charge in [-0.2, -0.15) is 5.26 Å². The molecule has 0 bridgehead atoms. The summed E-state index contributed by atoms with van der Waals surface area (Å²) in [7, 11) is -3.86. The van der Waals surface area contributed by atoms with Gasteiger partial charge in [0.05, 0.1) is 28.6 Å². The molecule has 0 aliphatic carbocycles. The topological polar surface area (TPSA) is 99.1 Å². The number of fused-ring (bicyclic) bond motifs is 1. The molecule has 4 aromatic rings. The summed E-state index contributed by atoms with van der Waals surface area (Å²) in [6.45, 7) is 3.67. The van der Waals surface area contributed by atoms with Crippen molar-refractivity contribution in [3.8, 4) is 6.07 Å². The maximum Gasteiger partial charge on any atom is 0.262 e. The summed E-state index contributed by atoms with van der Waals surface area (Å²) in [5.74, 6) is -0.237. The van der Waals surface area contributed by atoms with E-state index in [2.05, 4.69) is 10.0 Å². The molecule has 0 aromatic heterocycles. The van der Waals surface area contributed by atoms with Crippen LogP contribution in [0.5, 0.6) is 0 Å². The van der Waals surface area contributed by atoms with Crippen molar-refractivity contribution in [2.24, 2.45) is 0 Å². The molecule has 0 fully saturated rings. The molecule has 0 atom stereocenters. The fourth-order valence-electron chi connectivity index (χ4n) is 3.80. The third-order valence-corrected chi connectivity index (χ3v) is 7.00. The van der Waals surface area contributed by atoms with Crippen LogP contribution in [-0.2, 0) is 21.2 Å². The number of rotatable bonds is 6. The molecule has 34 heavy (non-hydrogen) atoms. The molecule has 0 aliphatic heterocycles. The molecular formula is C27H23N3O3S. The van der Waals surface area contributed by atoms with Crippen molar-refractivity contribution in [3.63, 3.8) is 0 Å². The highest BCUT2D eigenvalue weighted by molar-refractivity contribution is 7.93. The van der Waals surface area contributed by atoms with Crippen molar-refractivity contribution in [2.75, 3.05) is 10.0 Å². The van der Waals surface area contributed by atoms with E-state index in [1.165, 1.54) is 0 Å². The van der Waals surface area contributed by atoms with Crippen molar-refractivity contribution >= 4 is 38.1 Å². The van der Waals surface area contributed by atoms with E-state index in [0.717, 1.165) is 22.1 Å². The zero-order valence-corrected chi connectivity index (χ0v) is 19.6. The van der Waals surface area contributed by atoms with E-state index in [0.29, 0.717) is 22.3 Å². The summed E-state index contributed by atoms with van der Waals surface area (Å²) in [4.78, 5) is 12.8.